The Morgan fingerprint density at radius 1 is 0.806 bits per heavy atom. The van der Waals surface area contributed by atoms with Crippen LogP contribution in [-0.4, -0.2) is 33.1 Å². The average Bonchev–Trinajstić information content (AvgIpc) is 3.10. The standard InChI is InChI=1S/C28H50O3/c1-5-7-8-9-14-28(31,6-2)25-11-10-21-20-18-24(30)23-17-19(29)12-15-26(23,3)22(20)13-16-27(21,25)4/h19-25,29-31H,5-18H2,1-4H3/t19-,20-,21-,22-,23+,24-,25-,26+,27-,28-/m0/s1. The zero-order valence-corrected chi connectivity index (χ0v) is 20.8. The summed E-state index contributed by atoms with van der Waals surface area (Å²) < 4.78 is 0. The molecule has 0 aliphatic heterocycles. The number of unbranched alkanes of at least 4 members (excludes halogenated alkanes) is 3. The van der Waals surface area contributed by atoms with Crippen LogP contribution in [0.3, 0.4) is 0 Å². The Bertz CT molecular complexity index is 621. The maximum absolute atomic E-state index is 11.9. The molecule has 3 heteroatoms. The molecule has 4 rings (SSSR count). The van der Waals surface area contributed by atoms with Gasteiger partial charge in [-0.25, -0.2) is 0 Å². The minimum atomic E-state index is -0.515. The second kappa shape index (κ2) is 8.91. The second-order valence-corrected chi connectivity index (χ2v) is 12.7. The van der Waals surface area contributed by atoms with Crippen LogP contribution in [0.5, 0.6) is 0 Å². The lowest BCUT2D eigenvalue weighted by Crippen LogP contribution is -2.59. The smallest absolute Gasteiger partial charge is 0.0678 e. The van der Waals surface area contributed by atoms with E-state index in [9.17, 15) is 15.3 Å². The molecule has 0 aromatic rings. The van der Waals surface area contributed by atoms with Crippen molar-refractivity contribution in [3.8, 4) is 0 Å². The monoisotopic (exact) mass is 434 g/mol. The third kappa shape index (κ3) is 3.93. The summed E-state index contributed by atoms with van der Waals surface area (Å²) in [5.74, 6) is 2.60. The van der Waals surface area contributed by atoms with Crippen LogP contribution in [0.4, 0.5) is 0 Å². The zero-order valence-electron chi connectivity index (χ0n) is 20.8. The number of fused-ring (bicyclic) bond motifs is 5. The highest BCUT2D eigenvalue weighted by Crippen LogP contribution is 2.69. The van der Waals surface area contributed by atoms with Gasteiger partial charge in [0.05, 0.1) is 17.8 Å². The van der Waals surface area contributed by atoms with E-state index in [0.29, 0.717) is 23.7 Å². The zero-order chi connectivity index (χ0) is 22.4. The highest BCUT2D eigenvalue weighted by atomic mass is 16.3. The predicted octanol–water partition coefficient (Wildman–Crippen LogP) is 6.09. The second-order valence-electron chi connectivity index (χ2n) is 12.7. The summed E-state index contributed by atoms with van der Waals surface area (Å²) in [5.41, 5.74) is -0.116. The van der Waals surface area contributed by atoms with Gasteiger partial charge >= 0.3 is 0 Å². The predicted molar refractivity (Wildman–Crippen MR) is 127 cm³/mol. The number of hydrogen-bond acceptors (Lipinski definition) is 3. The molecule has 180 valence electrons. The average molecular weight is 435 g/mol. The van der Waals surface area contributed by atoms with Gasteiger partial charge in [0.2, 0.25) is 0 Å². The Kier molecular flexibility index (Phi) is 6.91. The van der Waals surface area contributed by atoms with Crippen molar-refractivity contribution in [1.82, 2.24) is 0 Å². The first kappa shape index (κ1) is 24.0. The minimum absolute atomic E-state index is 0.183. The largest absolute Gasteiger partial charge is 0.393 e. The van der Waals surface area contributed by atoms with Crippen LogP contribution < -0.4 is 0 Å². The number of hydrogen-bond donors (Lipinski definition) is 3. The SMILES string of the molecule is CCCCCC[C@@](O)(CC)[C@H]1CC[C@H]2[C@@H]3C[C@H](O)[C@H]4C[C@@H](O)CC[C@]4(C)[C@H]3CC[C@]12C. The van der Waals surface area contributed by atoms with Crippen LogP contribution in [0, 0.1) is 40.4 Å². The van der Waals surface area contributed by atoms with Crippen LogP contribution in [0.15, 0.2) is 0 Å². The first-order valence-electron chi connectivity index (χ1n) is 13.8. The molecule has 4 saturated carbocycles. The highest BCUT2D eigenvalue weighted by Gasteiger charge is 2.64. The molecule has 0 aromatic carbocycles. The quantitative estimate of drug-likeness (QED) is 0.425. The Hall–Kier alpha value is -0.120. The van der Waals surface area contributed by atoms with Gasteiger partial charge in [0.1, 0.15) is 0 Å². The summed E-state index contributed by atoms with van der Waals surface area (Å²) in [7, 11) is 0. The normalized spacial score (nSPS) is 49.1. The van der Waals surface area contributed by atoms with E-state index in [-0.39, 0.29) is 29.0 Å². The fraction of sp³-hybridized carbons (Fsp3) is 1.00. The van der Waals surface area contributed by atoms with Gasteiger partial charge < -0.3 is 15.3 Å². The maximum Gasteiger partial charge on any atom is 0.0678 e. The molecule has 0 amide bonds. The van der Waals surface area contributed by atoms with Gasteiger partial charge in [-0.1, -0.05) is 53.4 Å². The van der Waals surface area contributed by atoms with E-state index in [0.717, 1.165) is 51.4 Å². The van der Waals surface area contributed by atoms with Gasteiger partial charge in [-0.05, 0) is 105 Å². The summed E-state index contributed by atoms with van der Waals surface area (Å²) in [6, 6.07) is 0. The van der Waals surface area contributed by atoms with Gasteiger partial charge in [-0.15, -0.1) is 0 Å². The van der Waals surface area contributed by atoms with E-state index in [1.807, 2.05) is 0 Å². The van der Waals surface area contributed by atoms with E-state index in [2.05, 4.69) is 27.7 Å². The van der Waals surface area contributed by atoms with Crippen LogP contribution in [0.2, 0.25) is 0 Å². The van der Waals surface area contributed by atoms with Crippen molar-refractivity contribution in [3.05, 3.63) is 0 Å². The van der Waals surface area contributed by atoms with Crippen molar-refractivity contribution in [3.63, 3.8) is 0 Å². The molecule has 10 atom stereocenters. The maximum atomic E-state index is 11.9. The Morgan fingerprint density at radius 3 is 2.23 bits per heavy atom. The van der Waals surface area contributed by atoms with Gasteiger partial charge in [-0.2, -0.15) is 0 Å². The van der Waals surface area contributed by atoms with Crippen LogP contribution in [-0.2, 0) is 0 Å². The number of aliphatic hydroxyl groups is 3. The van der Waals surface area contributed by atoms with Crippen molar-refractivity contribution < 1.29 is 15.3 Å². The molecular weight excluding hydrogens is 384 g/mol. The molecule has 0 bridgehead atoms. The molecular formula is C28H50O3. The first-order valence-corrected chi connectivity index (χ1v) is 13.8. The summed E-state index contributed by atoms with van der Waals surface area (Å²) in [4.78, 5) is 0. The molecule has 4 fully saturated rings. The molecule has 3 nitrogen and oxygen atoms in total. The first-order chi connectivity index (χ1) is 14.7. The Morgan fingerprint density at radius 2 is 1.52 bits per heavy atom. The van der Waals surface area contributed by atoms with E-state index < -0.39 is 5.60 Å². The van der Waals surface area contributed by atoms with Crippen molar-refractivity contribution in [2.24, 2.45) is 40.4 Å². The van der Waals surface area contributed by atoms with Crippen LogP contribution in [0.25, 0.3) is 0 Å². The van der Waals surface area contributed by atoms with E-state index in [1.165, 1.54) is 38.5 Å². The molecule has 0 heterocycles. The number of aliphatic hydroxyl groups excluding tert-OH is 2. The molecule has 3 N–H and O–H groups in total. The molecule has 0 aromatic heterocycles. The summed E-state index contributed by atoms with van der Waals surface area (Å²) in [6.45, 7) is 9.40. The fourth-order valence-corrected chi connectivity index (χ4v) is 9.62. The van der Waals surface area contributed by atoms with E-state index >= 15 is 0 Å². The molecule has 0 spiro atoms. The number of rotatable bonds is 7. The lowest BCUT2D eigenvalue weighted by molar-refractivity contribution is -0.180. The summed E-state index contributed by atoms with van der Waals surface area (Å²) in [6.07, 6.45) is 14.8. The van der Waals surface area contributed by atoms with Crippen molar-refractivity contribution in [2.45, 2.75) is 135 Å². The van der Waals surface area contributed by atoms with Crippen LogP contribution in [0.1, 0.15) is 118 Å². The lowest BCUT2D eigenvalue weighted by atomic mass is 9.43. The van der Waals surface area contributed by atoms with Gasteiger partial charge in [0.15, 0.2) is 0 Å². The summed E-state index contributed by atoms with van der Waals surface area (Å²) >= 11 is 0. The van der Waals surface area contributed by atoms with Crippen LogP contribution >= 0.6 is 0 Å². The van der Waals surface area contributed by atoms with Crippen molar-refractivity contribution in [1.29, 1.82) is 0 Å². The molecule has 0 unspecified atom stereocenters. The highest BCUT2D eigenvalue weighted by molar-refractivity contribution is 5.13. The third-order valence-electron chi connectivity index (χ3n) is 11.4. The Labute approximate surface area is 191 Å². The molecule has 0 saturated heterocycles. The lowest BCUT2D eigenvalue weighted by Gasteiger charge is -2.62. The topological polar surface area (TPSA) is 60.7 Å². The van der Waals surface area contributed by atoms with E-state index in [1.54, 1.807) is 0 Å². The van der Waals surface area contributed by atoms with E-state index in [4.69, 9.17) is 0 Å². The Balaban J connectivity index is 1.54. The van der Waals surface area contributed by atoms with Crippen molar-refractivity contribution >= 4 is 0 Å². The van der Waals surface area contributed by atoms with Gasteiger partial charge in [0.25, 0.3) is 0 Å². The fourth-order valence-electron chi connectivity index (χ4n) is 9.62. The molecule has 4 aliphatic carbocycles. The minimum Gasteiger partial charge on any atom is -0.393 e. The third-order valence-corrected chi connectivity index (χ3v) is 11.4. The molecule has 0 radical (unpaired) electrons. The molecule has 4 aliphatic rings. The van der Waals surface area contributed by atoms with Gasteiger partial charge in [-0.3, -0.25) is 0 Å². The van der Waals surface area contributed by atoms with Gasteiger partial charge in [0, 0.05) is 0 Å². The van der Waals surface area contributed by atoms with Crippen molar-refractivity contribution in [2.75, 3.05) is 0 Å². The summed E-state index contributed by atoms with van der Waals surface area (Å²) in [5, 5.41) is 33.4. The molecule has 31 heavy (non-hydrogen) atoms.